The Kier molecular flexibility index (Phi) is 9.61. The van der Waals surface area contributed by atoms with Crippen LogP contribution in [0, 0.1) is 11.3 Å². The summed E-state index contributed by atoms with van der Waals surface area (Å²) in [7, 11) is 0. The Balaban J connectivity index is 1.35. The molecule has 0 fully saturated rings. The molecule has 0 spiro atoms. The highest BCUT2D eigenvalue weighted by molar-refractivity contribution is 9.10. The Morgan fingerprint density at radius 3 is 2.32 bits per heavy atom. The maximum atomic E-state index is 12.7. The van der Waals surface area contributed by atoms with Crippen LogP contribution in [0.2, 0.25) is 5.02 Å². The lowest BCUT2D eigenvalue weighted by Gasteiger charge is -2.10. The van der Waals surface area contributed by atoms with Gasteiger partial charge in [0.15, 0.2) is 0 Å². The summed E-state index contributed by atoms with van der Waals surface area (Å²) in [6.07, 6.45) is 1.52. The van der Waals surface area contributed by atoms with Gasteiger partial charge in [-0.25, -0.2) is 0 Å². The third-order valence-electron chi connectivity index (χ3n) is 5.35. The molecular weight excluding hydrogens is 632 g/mol. The molecule has 0 aliphatic carbocycles. The van der Waals surface area contributed by atoms with Gasteiger partial charge in [-0.15, -0.1) is 0 Å². The van der Waals surface area contributed by atoms with Crippen molar-refractivity contribution >= 4 is 61.1 Å². The van der Waals surface area contributed by atoms with Crippen LogP contribution in [0.15, 0.2) is 106 Å². The zero-order valence-electron chi connectivity index (χ0n) is 20.0. The van der Waals surface area contributed by atoms with E-state index in [1.54, 1.807) is 48.5 Å². The van der Waals surface area contributed by atoms with Crippen LogP contribution >= 0.6 is 43.5 Å². The van der Waals surface area contributed by atoms with Gasteiger partial charge in [0.1, 0.15) is 36.4 Å². The summed E-state index contributed by atoms with van der Waals surface area (Å²) in [4.78, 5) is 12.7. The van der Waals surface area contributed by atoms with Gasteiger partial charge in [0.25, 0.3) is 5.91 Å². The lowest BCUT2D eigenvalue weighted by atomic mass is 10.1. The fourth-order valence-electron chi connectivity index (χ4n) is 3.41. The van der Waals surface area contributed by atoms with E-state index in [2.05, 4.69) is 37.2 Å². The first-order valence-electron chi connectivity index (χ1n) is 11.5. The van der Waals surface area contributed by atoms with Gasteiger partial charge in [0.05, 0.1) is 4.47 Å². The number of anilines is 1. The van der Waals surface area contributed by atoms with E-state index in [1.807, 2.05) is 48.5 Å². The average Bonchev–Trinajstić information content (AvgIpc) is 2.91. The van der Waals surface area contributed by atoms with Crippen LogP contribution in [0.5, 0.6) is 11.5 Å². The van der Waals surface area contributed by atoms with E-state index in [4.69, 9.17) is 21.1 Å². The number of benzene rings is 4. The van der Waals surface area contributed by atoms with Crippen molar-refractivity contribution in [3.8, 4) is 17.6 Å². The van der Waals surface area contributed by atoms with Crippen LogP contribution in [0.1, 0.15) is 16.7 Å². The molecule has 0 aliphatic rings. The molecule has 0 bridgehead atoms. The molecule has 1 N–H and O–H groups in total. The topological polar surface area (TPSA) is 71.3 Å². The summed E-state index contributed by atoms with van der Waals surface area (Å²) in [6, 6.07) is 29.6. The SMILES string of the molecule is N#C/C(=C\c1ccc(OCc2cccc(Cl)c2)c(Br)c1)C(=O)Nc1ccc(OCc2ccc(Br)cc2)cc1. The second kappa shape index (κ2) is 13.3. The molecule has 4 rings (SSSR count). The number of ether oxygens (including phenoxy) is 2. The third kappa shape index (κ3) is 7.96. The van der Waals surface area contributed by atoms with E-state index in [0.717, 1.165) is 15.6 Å². The number of carbonyl (C=O) groups excluding carboxylic acids is 1. The van der Waals surface area contributed by atoms with Crippen LogP contribution in [0.4, 0.5) is 5.69 Å². The maximum absolute atomic E-state index is 12.7. The highest BCUT2D eigenvalue weighted by Crippen LogP contribution is 2.28. The summed E-state index contributed by atoms with van der Waals surface area (Å²) < 4.78 is 13.4. The molecule has 190 valence electrons. The van der Waals surface area contributed by atoms with E-state index in [0.29, 0.717) is 45.5 Å². The monoisotopic (exact) mass is 650 g/mol. The zero-order valence-corrected chi connectivity index (χ0v) is 23.9. The van der Waals surface area contributed by atoms with Crippen molar-refractivity contribution in [2.24, 2.45) is 0 Å². The molecule has 1 amide bonds. The van der Waals surface area contributed by atoms with Crippen LogP contribution in [-0.4, -0.2) is 5.91 Å². The van der Waals surface area contributed by atoms with Crippen LogP contribution in [0.25, 0.3) is 6.08 Å². The first kappa shape index (κ1) is 27.5. The minimum Gasteiger partial charge on any atom is -0.489 e. The number of nitriles is 1. The Bertz CT molecular complexity index is 1500. The van der Waals surface area contributed by atoms with Gasteiger partial charge in [-0.2, -0.15) is 5.26 Å². The number of hydrogen-bond donors (Lipinski definition) is 1. The van der Waals surface area contributed by atoms with Gasteiger partial charge in [-0.1, -0.05) is 57.9 Å². The van der Waals surface area contributed by atoms with Crippen LogP contribution in [0.3, 0.4) is 0 Å². The number of nitrogens with zero attached hydrogens (tertiary/aromatic N) is 1. The molecule has 0 atom stereocenters. The van der Waals surface area contributed by atoms with E-state index in [-0.39, 0.29) is 5.57 Å². The highest BCUT2D eigenvalue weighted by Gasteiger charge is 2.11. The predicted molar refractivity (Wildman–Crippen MR) is 157 cm³/mol. The van der Waals surface area contributed by atoms with Gasteiger partial charge < -0.3 is 14.8 Å². The van der Waals surface area contributed by atoms with Gasteiger partial charge in [-0.05, 0) is 99.4 Å². The Hall–Kier alpha value is -3.57. The summed E-state index contributed by atoms with van der Waals surface area (Å²) in [5, 5.41) is 13.0. The molecule has 38 heavy (non-hydrogen) atoms. The number of amides is 1. The summed E-state index contributed by atoms with van der Waals surface area (Å²) in [6.45, 7) is 0.786. The molecule has 8 heteroatoms. The molecule has 0 saturated carbocycles. The Morgan fingerprint density at radius 2 is 1.63 bits per heavy atom. The fourth-order valence-corrected chi connectivity index (χ4v) is 4.40. The lowest BCUT2D eigenvalue weighted by molar-refractivity contribution is -0.112. The minimum atomic E-state index is -0.506. The summed E-state index contributed by atoms with van der Waals surface area (Å²) >= 11 is 12.9. The number of nitrogens with one attached hydrogen (secondary N) is 1. The largest absolute Gasteiger partial charge is 0.489 e. The van der Waals surface area contributed by atoms with E-state index in [9.17, 15) is 10.1 Å². The van der Waals surface area contributed by atoms with Crippen molar-refractivity contribution < 1.29 is 14.3 Å². The Labute approximate surface area is 242 Å². The third-order valence-corrected chi connectivity index (χ3v) is 6.73. The number of hydrogen-bond acceptors (Lipinski definition) is 4. The van der Waals surface area contributed by atoms with E-state index < -0.39 is 5.91 Å². The Morgan fingerprint density at radius 1 is 0.895 bits per heavy atom. The molecule has 0 aromatic heterocycles. The maximum Gasteiger partial charge on any atom is 0.266 e. The van der Waals surface area contributed by atoms with Crippen LogP contribution in [-0.2, 0) is 18.0 Å². The van der Waals surface area contributed by atoms with Crippen molar-refractivity contribution in [1.29, 1.82) is 5.26 Å². The van der Waals surface area contributed by atoms with Crippen molar-refractivity contribution in [1.82, 2.24) is 0 Å². The van der Waals surface area contributed by atoms with Gasteiger partial charge in [-0.3, -0.25) is 4.79 Å². The fraction of sp³-hybridized carbons (Fsp3) is 0.0667. The minimum absolute atomic E-state index is 0.0277. The summed E-state index contributed by atoms with van der Waals surface area (Å²) in [5.74, 6) is 0.797. The van der Waals surface area contributed by atoms with E-state index >= 15 is 0 Å². The quantitative estimate of drug-likeness (QED) is 0.145. The van der Waals surface area contributed by atoms with Crippen molar-refractivity contribution in [3.05, 3.63) is 127 Å². The molecule has 5 nitrogen and oxygen atoms in total. The highest BCUT2D eigenvalue weighted by atomic mass is 79.9. The average molecular weight is 653 g/mol. The first-order chi connectivity index (χ1) is 18.4. The molecule has 0 radical (unpaired) electrons. The second-order valence-electron chi connectivity index (χ2n) is 8.17. The van der Waals surface area contributed by atoms with Gasteiger partial charge in [0.2, 0.25) is 0 Å². The van der Waals surface area contributed by atoms with Gasteiger partial charge in [0, 0.05) is 15.2 Å². The molecule has 4 aromatic carbocycles. The molecule has 0 aliphatic heterocycles. The first-order valence-corrected chi connectivity index (χ1v) is 13.4. The second-order valence-corrected chi connectivity index (χ2v) is 10.4. The van der Waals surface area contributed by atoms with Crippen LogP contribution < -0.4 is 14.8 Å². The van der Waals surface area contributed by atoms with Crippen molar-refractivity contribution in [2.45, 2.75) is 13.2 Å². The standard InChI is InChI=1S/C30H21Br2ClN2O3/c31-24-7-4-20(5-8-24)18-37-27-11-9-26(10-12-27)35-30(36)23(17-34)14-21-6-13-29(28(32)16-21)38-19-22-2-1-3-25(33)15-22/h1-16H,18-19H2,(H,35,36)/b23-14+. The number of halogens is 3. The number of rotatable bonds is 9. The molecule has 0 unspecified atom stereocenters. The predicted octanol–water partition coefficient (Wildman–Crippen LogP) is 8.57. The molecule has 0 heterocycles. The smallest absolute Gasteiger partial charge is 0.266 e. The number of carbonyl (C=O) groups is 1. The van der Waals surface area contributed by atoms with Crippen molar-refractivity contribution in [3.63, 3.8) is 0 Å². The summed E-state index contributed by atoms with van der Waals surface area (Å²) in [5.41, 5.74) is 3.19. The normalized spacial score (nSPS) is 10.9. The zero-order chi connectivity index (χ0) is 26.9. The van der Waals surface area contributed by atoms with Gasteiger partial charge >= 0.3 is 0 Å². The molecular formula is C30H21Br2ClN2O3. The molecule has 0 saturated heterocycles. The molecule has 4 aromatic rings. The van der Waals surface area contributed by atoms with Crippen molar-refractivity contribution in [2.75, 3.05) is 5.32 Å². The lowest BCUT2D eigenvalue weighted by Crippen LogP contribution is -2.13. The van der Waals surface area contributed by atoms with E-state index in [1.165, 1.54) is 6.08 Å².